The van der Waals surface area contributed by atoms with E-state index in [1.165, 1.54) is 13.8 Å². The zero-order chi connectivity index (χ0) is 5.86. The molecule has 52 valence electrons. The van der Waals surface area contributed by atoms with E-state index in [0.717, 1.165) is 0 Å². The Morgan fingerprint density at radius 1 is 1.11 bits per heavy atom. The van der Waals surface area contributed by atoms with Crippen LogP contribution in [0.1, 0.15) is 20.3 Å². The molecule has 0 rings (SSSR count). The summed E-state index contributed by atoms with van der Waals surface area (Å²) in [7, 11) is 0. The third kappa shape index (κ3) is 17.7. The summed E-state index contributed by atoms with van der Waals surface area (Å²) in [5.41, 5.74) is 0. The van der Waals surface area contributed by atoms with Crippen LogP contribution in [0, 0.1) is 0 Å². The van der Waals surface area contributed by atoms with Crippen molar-refractivity contribution in [3.05, 3.63) is 0 Å². The second-order valence-corrected chi connectivity index (χ2v) is 1.58. The van der Waals surface area contributed by atoms with Crippen molar-refractivity contribution in [2.45, 2.75) is 20.3 Å². The summed E-state index contributed by atoms with van der Waals surface area (Å²) in [6, 6.07) is 0. The van der Waals surface area contributed by atoms with Gasteiger partial charge in [0.2, 0.25) is 0 Å². The molecule has 4 heteroatoms. The molecule has 0 aliphatic rings. The van der Waals surface area contributed by atoms with Gasteiger partial charge in [0, 0.05) is 0 Å². The Bertz CT molecular complexity index is 88.4. The van der Waals surface area contributed by atoms with Gasteiger partial charge in [0.05, 0.1) is 6.42 Å². The van der Waals surface area contributed by atoms with E-state index in [1.807, 2.05) is 0 Å². The van der Waals surface area contributed by atoms with Gasteiger partial charge in [0.1, 0.15) is 11.6 Å². The first-order valence-corrected chi connectivity index (χ1v) is 2.12. The Morgan fingerprint density at radius 3 is 1.33 bits per heavy atom. The standard InChI is InChI=1S/C5H8O2.Ba.H2O.2H/c1-4(6)3-5(2)7;;;;/h3H2,1-2H3;;1H2;;. The molecule has 0 aliphatic carbocycles. The molecule has 2 N–H and O–H groups in total. The summed E-state index contributed by atoms with van der Waals surface area (Å²) >= 11 is 0. The van der Waals surface area contributed by atoms with Crippen molar-refractivity contribution in [2.75, 3.05) is 0 Å². The van der Waals surface area contributed by atoms with Crippen LogP contribution in [0.2, 0.25) is 0 Å². The minimum absolute atomic E-state index is 0. The van der Waals surface area contributed by atoms with Gasteiger partial charge in [0.25, 0.3) is 0 Å². The van der Waals surface area contributed by atoms with Gasteiger partial charge in [-0.15, -0.1) is 0 Å². The quantitative estimate of drug-likeness (QED) is 0.461. The first-order valence-electron chi connectivity index (χ1n) is 2.12. The number of hydrogen-bond donors (Lipinski definition) is 0. The number of carbonyl (C=O) groups excluding carboxylic acids is 2. The number of Topliss-reactive ketones (excluding diaryl/α,β-unsaturated/α-hetero) is 2. The Kier molecular flexibility index (Phi) is 16.2. The van der Waals surface area contributed by atoms with Crippen LogP contribution in [0.25, 0.3) is 0 Å². The second kappa shape index (κ2) is 8.87. The molecule has 0 saturated carbocycles. The van der Waals surface area contributed by atoms with Gasteiger partial charge in [-0.1, -0.05) is 0 Å². The summed E-state index contributed by atoms with van der Waals surface area (Å²) in [6.45, 7) is 2.81. The maximum absolute atomic E-state index is 10.0. The molecule has 0 amide bonds. The van der Waals surface area contributed by atoms with Crippen molar-refractivity contribution in [1.29, 1.82) is 0 Å². The fraction of sp³-hybridized carbons (Fsp3) is 0.600. The monoisotopic (exact) mass is 258 g/mol. The maximum atomic E-state index is 10.0. The number of rotatable bonds is 2. The van der Waals surface area contributed by atoms with Crippen LogP contribution < -0.4 is 0 Å². The Hall–Kier alpha value is 0.871. The van der Waals surface area contributed by atoms with Gasteiger partial charge < -0.3 is 5.48 Å². The van der Waals surface area contributed by atoms with Gasteiger partial charge in [-0.3, -0.25) is 9.59 Å². The molecule has 0 spiro atoms. The molecule has 0 saturated heterocycles. The molecule has 0 bridgehead atoms. The fourth-order valence-electron chi connectivity index (χ4n) is 0.351. The summed E-state index contributed by atoms with van der Waals surface area (Å²) in [4.78, 5) is 20.1. The summed E-state index contributed by atoms with van der Waals surface area (Å²) in [6.07, 6.45) is 0.0833. The predicted octanol–water partition coefficient (Wildman–Crippen LogP) is -1.19. The molecular formula is C5H12BaO3. The molecule has 0 radical (unpaired) electrons. The van der Waals surface area contributed by atoms with Crippen molar-refractivity contribution >= 4 is 60.4 Å². The van der Waals surface area contributed by atoms with Crippen LogP contribution in [-0.2, 0) is 9.59 Å². The van der Waals surface area contributed by atoms with Gasteiger partial charge in [-0.2, -0.15) is 0 Å². The molecular weight excluding hydrogens is 245 g/mol. The van der Waals surface area contributed by atoms with E-state index in [-0.39, 0.29) is 72.3 Å². The molecule has 0 aliphatic heterocycles. The van der Waals surface area contributed by atoms with Gasteiger partial charge >= 0.3 is 48.9 Å². The van der Waals surface area contributed by atoms with Crippen molar-refractivity contribution in [2.24, 2.45) is 0 Å². The third-order valence-corrected chi connectivity index (χ3v) is 0.498. The van der Waals surface area contributed by atoms with Gasteiger partial charge in [-0.25, -0.2) is 0 Å². The van der Waals surface area contributed by atoms with E-state index >= 15 is 0 Å². The van der Waals surface area contributed by atoms with Crippen molar-refractivity contribution < 1.29 is 15.1 Å². The second-order valence-electron chi connectivity index (χ2n) is 1.58. The zero-order valence-electron chi connectivity index (χ0n) is 5.02. The van der Waals surface area contributed by atoms with Crippen molar-refractivity contribution in [1.82, 2.24) is 0 Å². The first-order chi connectivity index (χ1) is 3.13. The van der Waals surface area contributed by atoms with E-state index in [0.29, 0.717) is 0 Å². The number of ketones is 2. The van der Waals surface area contributed by atoms with Crippen LogP contribution in [0.3, 0.4) is 0 Å². The molecule has 0 unspecified atom stereocenters. The SMILES string of the molecule is CC(=O)CC(C)=O.O.[BaH2]. The van der Waals surface area contributed by atoms with Crippen LogP contribution in [0.5, 0.6) is 0 Å². The average Bonchev–Trinajstić information content (AvgIpc) is 1.27. The van der Waals surface area contributed by atoms with Crippen LogP contribution in [0.4, 0.5) is 0 Å². The van der Waals surface area contributed by atoms with E-state index < -0.39 is 0 Å². The third-order valence-electron chi connectivity index (χ3n) is 0.498. The van der Waals surface area contributed by atoms with E-state index in [1.54, 1.807) is 0 Å². The molecule has 0 aromatic carbocycles. The van der Waals surface area contributed by atoms with Crippen molar-refractivity contribution in [3.63, 3.8) is 0 Å². The topological polar surface area (TPSA) is 65.6 Å². The normalized spacial score (nSPS) is 6.44. The molecule has 0 fully saturated rings. The van der Waals surface area contributed by atoms with E-state index in [9.17, 15) is 9.59 Å². The molecule has 3 nitrogen and oxygen atoms in total. The van der Waals surface area contributed by atoms with Crippen LogP contribution in [-0.4, -0.2) is 65.9 Å². The van der Waals surface area contributed by atoms with E-state index in [2.05, 4.69) is 0 Å². The number of hydrogen-bond acceptors (Lipinski definition) is 2. The first kappa shape index (κ1) is 16.5. The summed E-state index contributed by atoms with van der Waals surface area (Å²) in [5.74, 6) is -0.125. The molecule has 0 heterocycles. The summed E-state index contributed by atoms with van der Waals surface area (Å²) in [5, 5.41) is 0. The Labute approximate surface area is 94.6 Å². The Morgan fingerprint density at radius 2 is 1.33 bits per heavy atom. The molecule has 0 atom stereocenters. The molecule has 9 heavy (non-hydrogen) atoms. The average molecular weight is 257 g/mol. The van der Waals surface area contributed by atoms with Gasteiger partial charge in [0.15, 0.2) is 0 Å². The molecule has 0 aromatic rings. The van der Waals surface area contributed by atoms with Crippen LogP contribution >= 0.6 is 0 Å². The van der Waals surface area contributed by atoms with Crippen LogP contribution in [0.15, 0.2) is 0 Å². The molecule has 0 aromatic heterocycles. The fourth-order valence-corrected chi connectivity index (χ4v) is 0.351. The zero-order valence-corrected chi connectivity index (χ0v) is 5.02. The van der Waals surface area contributed by atoms with E-state index in [4.69, 9.17) is 0 Å². The van der Waals surface area contributed by atoms with Gasteiger partial charge in [-0.05, 0) is 13.8 Å². The Balaban J connectivity index is -0.000000180. The van der Waals surface area contributed by atoms with Crippen molar-refractivity contribution in [3.8, 4) is 0 Å². The summed E-state index contributed by atoms with van der Waals surface area (Å²) < 4.78 is 0. The predicted molar refractivity (Wildman–Crippen MR) is 38.1 cm³/mol. The number of carbonyl (C=O) groups is 2. The minimum atomic E-state index is -0.0625.